The molecule has 5 rings (SSSR count). The summed E-state index contributed by atoms with van der Waals surface area (Å²) in [5.74, 6) is -0.0444. The second-order valence-corrected chi connectivity index (χ2v) is 8.32. The van der Waals surface area contributed by atoms with Gasteiger partial charge in [-0.1, -0.05) is 12.1 Å². The van der Waals surface area contributed by atoms with E-state index in [2.05, 4.69) is 27.1 Å². The number of rotatable bonds is 3. The summed E-state index contributed by atoms with van der Waals surface area (Å²) in [6, 6.07) is 10.7. The molecule has 1 aromatic heterocycles. The second kappa shape index (κ2) is 8.20. The first-order valence-electron chi connectivity index (χ1n) is 10.8. The van der Waals surface area contributed by atoms with Gasteiger partial charge in [0.15, 0.2) is 0 Å². The number of likely N-dealkylation sites (N-methyl/N-ethyl adjacent to an activating group) is 1. The molecule has 0 spiro atoms. The molecule has 1 saturated heterocycles. The average molecular weight is 433 g/mol. The average Bonchev–Trinajstić information content (AvgIpc) is 2.80. The standard InChI is InChI=1S/C24H25FN6O/c1-30-8-10-31(11-9-30)21-5-3-16(13-19(21)25)20-14-28-23(26)22(29-20)17-2-4-18-15(12-17)6-7-27-24(18)32/h2-5,12-14H,6-11H2,1H3,(H2,26,28)(H,27,32). The van der Waals surface area contributed by atoms with E-state index >= 15 is 0 Å². The van der Waals surface area contributed by atoms with Gasteiger partial charge >= 0.3 is 0 Å². The van der Waals surface area contributed by atoms with Crippen molar-refractivity contribution in [3.63, 3.8) is 0 Å². The number of nitrogen functional groups attached to an aromatic ring is 1. The smallest absolute Gasteiger partial charge is 0.251 e. The van der Waals surface area contributed by atoms with Crippen molar-refractivity contribution in [2.24, 2.45) is 0 Å². The highest BCUT2D eigenvalue weighted by molar-refractivity contribution is 5.97. The number of nitrogens with zero attached hydrogens (tertiary/aromatic N) is 4. The highest BCUT2D eigenvalue weighted by Gasteiger charge is 2.20. The molecule has 0 bridgehead atoms. The number of nitrogens with two attached hydrogens (primary N) is 1. The van der Waals surface area contributed by atoms with Crippen LogP contribution in [0.25, 0.3) is 22.5 Å². The first-order chi connectivity index (χ1) is 15.5. The zero-order chi connectivity index (χ0) is 22.2. The Morgan fingerprint density at radius 2 is 1.84 bits per heavy atom. The lowest BCUT2D eigenvalue weighted by Crippen LogP contribution is -2.44. The van der Waals surface area contributed by atoms with Crippen molar-refractivity contribution in [3.8, 4) is 22.5 Å². The molecule has 3 N–H and O–H groups in total. The molecule has 7 nitrogen and oxygen atoms in total. The van der Waals surface area contributed by atoms with Crippen molar-refractivity contribution in [2.75, 3.05) is 50.4 Å². The zero-order valence-corrected chi connectivity index (χ0v) is 17.9. The molecule has 0 atom stereocenters. The fourth-order valence-corrected chi connectivity index (χ4v) is 4.30. The number of aromatic nitrogens is 2. The Balaban J connectivity index is 1.46. The lowest BCUT2D eigenvalue weighted by molar-refractivity contribution is 0.0946. The number of piperazine rings is 1. The Morgan fingerprint density at radius 1 is 1.06 bits per heavy atom. The summed E-state index contributed by atoms with van der Waals surface area (Å²) >= 11 is 0. The maximum Gasteiger partial charge on any atom is 0.251 e. The first kappa shape index (κ1) is 20.4. The van der Waals surface area contributed by atoms with Crippen LogP contribution in [-0.2, 0) is 6.42 Å². The SMILES string of the molecule is CN1CCN(c2ccc(-c3cnc(N)c(-c4ccc5c(c4)CCNC5=O)n3)cc2F)CC1. The van der Waals surface area contributed by atoms with Crippen LogP contribution >= 0.6 is 0 Å². The van der Waals surface area contributed by atoms with Crippen LogP contribution in [0.2, 0.25) is 0 Å². The van der Waals surface area contributed by atoms with Gasteiger partial charge in [0.25, 0.3) is 5.91 Å². The van der Waals surface area contributed by atoms with Crippen LogP contribution in [0.1, 0.15) is 15.9 Å². The number of benzene rings is 2. The van der Waals surface area contributed by atoms with Gasteiger partial charge in [0.1, 0.15) is 17.3 Å². The van der Waals surface area contributed by atoms with Gasteiger partial charge in [-0.05, 0) is 43.3 Å². The molecule has 2 aromatic carbocycles. The van der Waals surface area contributed by atoms with Crippen molar-refractivity contribution in [2.45, 2.75) is 6.42 Å². The van der Waals surface area contributed by atoms with Gasteiger partial charge in [-0.3, -0.25) is 4.79 Å². The summed E-state index contributed by atoms with van der Waals surface area (Å²) in [5, 5.41) is 2.84. The molecule has 0 saturated carbocycles. The minimum absolute atomic E-state index is 0.0680. The molecule has 0 unspecified atom stereocenters. The van der Waals surface area contributed by atoms with Gasteiger partial charge in [-0.2, -0.15) is 0 Å². The van der Waals surface area contributed by atoms with Crippen LogP contribution < -0.4 is 16.0 Å². The summed E-state index contributed by atoms with van der Waals surface area (Å²) in [4.78, 5) is 25.3. The van der Waals surface area contributed by atoms with E-state index in [0.717, 1.165) is 43.7 Å². The van der Waals surface area contributed by atoms with Crippen LogP contribution in [0, 0.1) is 5.82 Å². The number of hydrogen-bond donors (Lipinski definition) is 2. The molecular weight excluding hydrogens is 407 g/mol. The highest BCUT2D eigenvalue weighted by atomic mass is 19.1. The van der Waals surface area contributed by atoms with Crippen molar-refractivity contribution < 1.29 is 9.18 Å². The molecule has 1 amide bonds. The fourth-order valence-electron chi connectivity index (χ4n) is 4.30. The van der Waals surface area contributed by atoms with Crippen LogP contribution in [0.5, 0.6) is 0 Å². The van der Waals surface area contributed by atoms with E-state index in [4.69, 9.17) is 10.7 Å². The normalized spacial score (nSPS) is 16.6. The molecule has 3 heterocycles. The van der Waals surface area contributed by atoms with Gasteiger partial charge in [-0.15, -0.1) is 0 Å². The Morgan fingerprint density at radius 3 is 2.62 bits per heavy atom. The van der Waals surface area contributed by atoms with E-state index in [1.165, 1.54) is 6.07 Å². The molecule has 164 valence electrons. The summed E-state index contributed by atoms with van der Waals surface area (Å²) in [6.45, 7) is 4.03. The van der Waals surface area contributed by atoms with Gasteiger partial charge in [0.2, 0.25) is 0 Å². The largest absolute Gasteiger partial charge is 0.382 e. The molecule has 0 aliphatic carbocycles. The molecular formula is C24H25FN6O. The van der Waals surface area contributed by atoms with E-state index in [1.807, 2.05) is 24.3 Å². The highest BCUT2D eigenvalue weighted by Crippen LogP contribution is 2.30. The summed E-state index contributed by atoms with van der Waals surface area (Å²) in [7, 11) is 2.07. The summed E-state index contributed by atoms with van der Waals surface area (Å²) in [6.07, 6.45) is 2.32. The lowest BCUT2D eigenvalue weighted by Gasteiger charge is -2.34. The molecule has 2 aliphatic heterocycles. The number of carbonyl (C=O) groups is 1. The van der Waals surface area contributed by atoms with E-state index < -0.39 is 0 Å². The lowest BCUT2D eigenvalue weighted by atomic mass is 9.96. The van der Waals surface area contributed by atoms with Crippen molar-refractivity contribution >= 4 is 17.4 Å². The van der Waals surface area contributed by atoms with Gasteiger partial charge in [-0.25, -0.2) is 14.4 Å². The van der Waals surface area contributed by atoms with E-state index in [0.29, 0.717) is 40.6 Å². The Bertz CT molecular complexity index is 1190. The molecule has 8 heteroatoms. The molecule has 3 aromatic rings. The predicted octanol–water partition coefficient (Wildman–Crippen LogP) is 2.57. The number of anilines is 2. The fraction of sp³-hybridized carbons (Fsp3) is 0.292. The minimum Gasteiger partial charge on any atom is -0.382 e. The quantitative estimate of drug-likeness (QED) is 0.662. The second-order valence-electron chi connectivity index (χ2n) is 8.32. The third-order valence-corrected chi connectivity index (χ3v) is 6.19. The predicted molar refractivity (Wildman–Crippen MR) is 123 cm³/mol. The third kappa shape index (κ3) is 3.78. The van der Waals surface area contributed by atoms with Crippen LogP contribution in [0.3, 0.4) is 0 Å². The van der Waals surface area contributed by atoms with Crippen molar-refractivity contribution in [1.82, 2.24) is 20.2 Å². The third-order valence-electron chi connectivity index (χ3n) is 6.19. The van der Waals surface area contributed by atoms with E-state index in [1.54, 1.807) is 12.3 Å². The Labute approximate surface area is 186 Å². The number of carbonyl (C=O) groups excluding carboxylic acids is 1. The first-order valence-corrected chi connectivity index (χ1v) is 10.8. The maximum absolute atomic E-state index is 15.0. The number of hydrogen-bond acceptors (Lipinski definition) is 6. The molecule has 32 heavy (non-hydrogen) atoms. The molecule has 0 radical (unpaired) electrons. The number of fused-ring (bicyclic) bond motifs is 1. The van der Waals surface area contributed by atoms with E-state index in [-0.39, 0.29) is 11.7 Å². The number of amides is 1. The van der Waals surface area contributed by atoms with Gasteiger partial charge in [0, 0.05) is 49.4 Å². The number of halogens is 1. The summed E-state index contributed by atoms with van der Waals surface area (Å²) in [5.41, 5.74) is 10.9. The van der Waals surface area contributed by atoms with E-state index in [9.17, 15) is 9.18 Å². The van der Waals surface area contributed by atoms with Crippen LogP contribution in [0.15, 0.2) is 42.6 Å². The minimum atomic E-state index is -0.271. The van der Waals surface area contributed by atoms with Crippen molar-refractivity contribution in [1.29, 1.82) is 0 Å². The topological polar surface area (TPSA) is 87.4 Å². The Hall–Kier alpha value is -3.52. The number of nitrogens with one attached hydrogen (secondary N) is 1. The van der Waals surface area contributed by atoms with Crippen LogP contribution in [0.4, 0.5) is 15.9 Å². The Kier molecular flexibility index (Phi) is 5.22. The monoisotopic (exact) mass is 432 g/mol. The van der Waals surface area contributed by atoms with Gasteiger partial charge < -0.3 is 20.9 Å². The van der Waals surface area contributed by atoms with Crippen molar-refractivity contribution in [3.05, 3.63) is 59.5 Å². The molecule has 2 aliphatic rings. The van der Waals surface area contributed by atoms with Crippen LogP contribution in [-0.4, -0.2) is 60.5 Å². The zero-order valence-electron chi connectivity index (χ0n) is 17.9. The van der Waals surface area contributed by atoms with Gasteiger partial charge in [0.05, 0.1) is 17.6 Å². The maximum atomic E-state index is 15.0. The summed E-state index contributed by atoms with van der Waals surface area (Å²) < 4.78 is 15.0. The molecule has 1 fully saturated rings.